The van der Waals surface area contributed by atoms with Crippen LogP contribution in [0.3, 0.4) is 0 Å². The second-order valence-corrected chi connectivity index (χ2v) is 8.16. The fourth-order valence-corrected chi connectivity index (χ4v) is 4.52. The molecule has 0 spiro atoms. The van der Waals surface area contributed by atoms with Gasteiger partial charge in [0, 0.05) is 26.7 Å². The second kappa shape index (κ2) is 9.78. The Bertz CT molecular complexity index is 469. The lowest BCUT2D eigenvalue weighted by Crippen LogP contribution is -2.47. The first-order chi connectivity index (χ1) is 10.5. The molecule has 2 aliphatic rings. The number of sulfonamides is 1. The average molecular weight is 370 g/mol. The minimum absolute atomic E-state index is 0. The second-order valence-electron chi connectivity index (χ2n) is 6.07. The van der Waals surface area contributed by atoms with Crippen LogP contribution in [0.25, 0.3) is 0 Å². The fraction of sp³-hybridized carbons (Fsp3) is 0.929. The summed E-state index contributed by atoms with van der Waals surface area (Å²) in [6, 6.07) is -0.0786. The standard InChI is InChI=1S/C14H27N3O4S.ClH/c1-21-8-9-22(19,20)17-7-3-4-12(11-17)10-16-14(18)13-5-2-6-15-13;/h12-13,15H,2-11H2,1H3,(H,16,18);1H. The van der Waals surface area contributed by atoms with Gasteiger partial charge < -0.3 is 15.4 Å². The van der Waals surface area contributed by atoms with Crippen LogP contribution in [-0.4, -0.2) is 70.3 Å². The molecule has 136 valence electrons. The number of nitrogens with zero attached hydrogens (tertiary/aromatic N) is 1. The average Bonchev–Trinajstić information content (AvgIpc) is 3.05. The predicted octanol–water partition coefficient (Wildman–Crippen LogP) is -0.0354. The quantitative estimate of drug-likeness (QED) is 0.657. The van der Waals surface area contributed by atoms with Crippen LogP contribution in [-0.2, 0) is 19.6 Å². The summed E-state index contributed by atoms with van der Waals surface area (Å²) in [5, 5.41) is 6.13. The first-order valence-corrected chi connectivity index (χ1v) is 9.61. The van der Waals surface area contributed by atoms with Gasteiger partial charge in [-0.1, -0.05) is 0 Å². The number of amides is 1. The molecule has 0 aromatic rings. The van der Waals surface area contributed by atoms with Crippen molar-refractivity contribution in [1.82, 2.24) is 14.9 Å². The molecule has 23 heavy (non-hydrogen) atoms. The fourth-order valence-electron chi connectivity index (χ4n) is 3.04. The number of hydrogen-bond donors (Lipinski definition) is 2. The summed E-state index contributed by atoms with van der Waals surface area (Å²) in [6.07, 6.45) is 3.71. The predicted molar refractivity (Wildman–Crippen MR) is 91.2 cm³/mol. The lowest BCUT2D eigenvalue weighted by Gasteiger charge is -2.32. The topological polar surface area (TPSA) is 87.7 Å². The van der Waals surface area contributed by atoms with Crippen LogP contribution in [0.15, 0.2) is 0 Å². The van der Waals surface area contributed by atoms with Crippen LogP contribution in [0.2, 0.25) is 0 Å². The third-order valence-electron chi connectivity index (χ3n) is 4.36. The van der Waals surface area contributed by atoms with Crippen LogP contribution in [0, 0.1) is 5.92 Å². The zero-order valence-corrected chi connectivity index (χ0v) is 15.3. The Hall–Kier alpha value is -0.410. The summed E-state index contributed by atoms with van der Waals surface area (Å²) in [5.41, 5.74) is 0. The number of carbonyl (C=O) groups is 1. The summed E-state index contributed by atoms with van der Waals surface area (Å²) in [7, 11) is -1.75. The number of halogens is 1. The van der Waals surface area contributed by atoms with Gasteiger partial charge in [-0.05, 0) is 38.1 Å². The van der Waals surface area contributed by atoms with E-state index in [-0.39, 0.29) is 42.6 Å². The van der Waals surface area contributed by atoms with Crippen LogP contribution in [0.1, 0.15) is 25.7 Å². The van der Waals surface area contributed by atoms with Gasteiger partial charge in [0.15, 0.2) is 0 Å². The van der Waals surface area contributed by atoms with E-state index in [4.69, 9.17) is 4.74 Å². The number of nitrogens with one attached hydrogen (secondary N) is 2. The maximum atomic E-state index is 12.2. The van der Waals surface area contributed by atoms with Crippen molar-refractivity contribution in [2.24, 2.45) is 5.92 Å². The molecule has 2 saturated heterocycles. The summed E-state index contributed by atoms with van der Waals surface area (Å²) >= 11 is 0. The van der Waals surface area contributed by atoms with Crippen molar-refractivity contribution >= 4 is 28.3 Å². The van der Waals surface area contributed by atoms with E-state index >= 15 is 0 Å². The van der Waals surface area contributed by atoms with Gasteiger partial charge in [0.1, 0.15) is 0 Å². The van der Waals surface area contributed by atoms with E-state index in [2.05, 4.69) is 10.6 Å². The molecule has 7 nitrogen and oxygen atoms in total. The minimum Gasteiger partial charge on any atom is -0.384 e. The molecule has 0 aromatic heterocycles. The Morgan fingerprint density at radius 1 is 1.35 bits per heavy atom. The van der Waals surface area contributed by atoms with Gasteiger partial charge in [-0.15, -0.1) is 12.4 Å². The van der Waals surface area contributed by atoms with Crippen molar-refractivity contribution in [3.8, 4) is 0 Å². The highest BCUT2D eigenvalue weighted by molar-refractivity contribution is 7.89. The Morgan fingerprint density at radius 3 is 2.78 bits per heavy atom. The van der Waals surface area contributed by atoms with Crippen LogP contribution in [0.4, 0.5) is 0 Å². The lowest BCUT2D eigenvalue weighted by atomic mass is 9.99. The number of carbonyl (C=O) groups excluding carboxylic acids is 1. The largest absolute Gasteiger partial charge is 0.384 e. The van der Waals surface area contributed by atoms with E-state index in [0.717, 1.165) is 32.2 Å². The first kappa shape index (κ1) is 20.6. The Balaban J connectivity index is 0.00000264. The Kier molecular flexibility index (Phi) is 8.78. The normalized spacial score (nSPS) is 25.8. The molecule has 0 radical (unpaired) electrons. The van der Waals surface area contributed by atoms with E-state index in [1.807, 2.05) is 0 Å². The maximum absolute atomic E-state index is 12.2. The molecule has 1 amide bonds. The van der Waals surface area contributed by atoms with Crippen molar-refractivity contribution in [3.05, 3.63) is 0 Å². The Morgan fingerprint density at radius 2 is 2.13 bits per heavy atom. The molecule has 2 atom stereocenters. The molecule has 2 N–H and O–H groups in total. The van der Waals surface area contributed by atoms with Crippen molar-refractivity contribution in [2.45, 2.75) is 31.7 Å². The molecule has 0 aliphatic carbocycles. The lowest BCUT2D eigenvalue weighted by molar-refractivity contribution is -0.123. The smallest absolute Gasteiger partial charge is 0.237 e. The van der Waals surface area contributed by atoms with Gasteiger partial charge in [-0.25, -0.2) is 12.7 Å². The number of ether oxygens (including phenoxy) is 1. The van der Waals surface area contributed by atoms with Gasteiger partial charge in [0.05, 0.1) is 18.4 Å². The zero-order chi connectivity index (χ0) is 16.0. The van der Waals surface area contributed by atoms with E-state index in [1.165, 1.54) is 7.11 Å². The maximum Gasteiger partial charge on any atom is 0.237 e. The van der Waals surface area contributed by atoms with Crippen molar-refractivity contribution in [2.75, 3.05) is 45.6 Å². The third kappa shape index (κ3) is 6.19. The molecule has 9 heteroatoms. The number of piperidine rings is 1. The van der Waals surface area contributed by atoms with Gasteiger partial charge >= 0.3 is 0 Å². The summed E-state index contributed by atoms with van der Waals surface area (Å²) in [6.45, 7) is 2.72. The molecule has 2 rings (SSSR count). The molecule has 2 fully saturated rings. The summed E-state index contributed by atoms with van der Waals surface area (Å²) in [5.74, 6) is 0.252. The third-order valence-corrected chi connectivity index (χ3v) is 6.16. The molecule has 2 heterocycles. The highest BCUT2D eigenvalue weighted by atomic mass is 35.5. The van der Waals surface area contributed by atoms with Crippen LogP contribution < -0.4 is 10.6 Å². The van der Waals surface area contributed by atoms with Crippen LogP contribution >= 0.6 is 12.4 Å². The minimum atomic E-state index is -3.25. The molecule has 0 bridgehead atoms. The van der Waals surface area contributed by atoms with E-state index < -0.39 is 10.0 Å². The van der Waals surface area contributed by atoms with Gasteiger partial charge in [0.25, 0.3) is 0 Å². The van der Waals surface area contributed by atoms with Crippen molar-refractivity contribution in [1.29, 1.82) is 0 Å². The van der Waals surface area contributed by atoms with E-state index in [1.54, 1.807) is 4.31 Å². The zero-order valence-electron chi connectivity index (χ0n) is 13.6. The van der Waals surface area contributed by atoms with Crippen LogP contribution in [0.5, 0.6) is 0 Å². The van der Waals surface area contributed by atoms with Gasteiger partial charge in [-0.2, -0.15) is 0 Å². The van der Waals surface area contributed by atoms with E-state index in [9.17, 15) is 13.2 Å². The van der Waals surface area contributed by atoms with E-state index in [0.29, 0.717) is 19.6 Å². The number of methoxy groups -OCH3 is 1. The number of rotatable bonds is 7. The summed E-state index contributed by atoms with van der Waals surface area (Å²) < 4.78 is 30.8. The first-order valence-electron chi connectivity index (χ1n) is 8.01. The van der Waals surface area contributed by atoms with Gasteiger partial charge in [-0.3, -0.25) is 4.79 Å². The van der Waals surface area contributed by atoms with Crippen molar-refractivity contribution in [3.63, 3.8) is 0 Å². The van der Waals surface area contributed by atoms with Crippen molar-refractivity contribution < 1.29 is 17.9 Å². The Labute approximate surface area is 145 Å². The highest BCUT2D eigenvalue weighted by Crippen LogP contribution is 2.19. The number of hydrogen-bond acceptors (Lipinski definition) is 5. The molecular weight excluding hydrogens is 342 g/mol. The molecule has 0 aromatic carbocycles. The molecule has 2 aliphatic heterocycles. The molecule has 2 unspecified atom stereocenters. The highest BCUT2D eigenvalue weighted by Gasteiger charge is 2.29. The summed E-state index contributed by atoms with van der Waals surface area (Å²) in [4.78, 5) is 12.0. The molecule has 0 saturated carbocycles. The molecular formula is C14H28ClN3O4S. The van der Waals surface area contributed by atoms with Gasteiger partial charge in [0.2, 0.25) is 15.9 Å². The monoisotopic (exact) mass is 369 g/mol. The SMILES string of the molecule is COCCS(=O)(=O)N1CCCC(CNC(=O)C2CCCN2)C1.Cl.